The van der Waals surface area contributed by atoms with Crippen LogP contribution in [0.1, 0.15) is 30.0 Å². The Bertz CT molecular complexity index is 1050. The summed E-state index contributed by atoms with van der Waals surface area (Å²) in [7, 11) is 0. The molecule has 3 aliphatic rings. The van der Waals surface area contributed by atoms with Gasteiger partial charge in [0.2, 0.25) is 5.91 Å². The predicted octanol–water partition coefficient (Wildman–Crippen LogP) is 4.36. The molecule has 2 heterocycles. The molecule has 1 amide bonds. The number of hydrogen-bond acceptors (Lipinski definition) is 4. The van der Waals surface area contributed by atoms with E-state index in [4.69, 9.17) is 0 Å². The van der Waals surface area contributed by atoms with Crippen molar-refractivity contribution >= 4 is 11.6 Å². The van der Waals surface area contributed by atoms with Gasteiger partial charge in [0.15, 0.2) is 11.6 Å². The Morgan fingerprint density at radius 1 is 1.07 bits per heavy atom. The number of halogens is 1. The zero-order valence-corrected chi connectivity index (χ0v) is 16.0. The number of benzene rings is 1. The van der Waals surface area contributed by atoms with Gasteiger partial charge in [0, 0.05) is 35.0 Å². The van der Waals surface area contributed by atoms with Gasteiger partial charge in [0.05, 0.1) is 12.4 Å². The van der Waals surface area contributed by atoms with Crippen molar-refractivity contribution in [2.24, 2.45) is 17.8 Å². The fourth-order valence-electron chi connectivity index (χ4n) is 4.87. The molecule has 3 aromatic rings. The van der Waals surface area contributed by atoms with Crippen LogP contribution in [-0.2, 0) is 4.79 Å². The molecule has 0 unspecified atom stereocenters. The van der Waals surface area contributed by atoms with Gasteiger partial charge in [-0.1, -0.05) is 12.1 Å². The van der Waals surface area contributed by atoms with Crippen LogP contribution in [0.2, 0.25) is 0 Å². The van der Waals surface area contributed by atoms with E-state index in [0.29, 0.717) is 23.3 Å². The molecule has 0 radical (unpaired) electrons. The van der Waals surface area contributed by atoms with Gasteiger partial charge in [0.1, 0.15) is 0 Å². The van der Waals surface area contributed by atoms with E-state index in [1.807, 2.05) is 43.3 Å². The number of hydrogen-bond donors (Lipinski definition) is 1. The van der Waals surface area contributed by atoms with Gasteiger partial charge in [-0.15, -0.1) is 0 Å². The number of amides is 1. The zero-order valence-electron chi connectivity index (χ0n) is 16.0. The third-order valence-corrected chi connectivity index (χ3v) is 6.31. The summed E-state index contributed by atoms with van der Waals surface area (Å²) in [5.74, 6) is 1.11. The topological polar surface area (TPSA) is 67.8 Å². The molecule has 0 aliphatic heterocycles. The Balaban J connectivity index is 1.40. The number of pyridine rings is 1. The van der Waals surface area contributed by atoms with E-state index in [1.54, 1.807) is 6.20 Å². The van der Waals surface area contributed by atoms with Crippen LogP contribution < -0.4 is 5.32 Å². The van der Waals surface area contributed by atoms with Gasteiger partial charge < -0.3 is 5.32 Å². The molecular weight excluding hydrogens is 367 g/mol. The summed E-state index contributed by atoms with van der Waals surface area (Å²) >= 11 is 0. The Morgan fingerprint density at radius 2 is 1.86 bits per heavy atom. The number of carbonyl (C=O) groups excluding carboxylic acids is 1. The lowest BCUT2D eigenvalue weighted by Crippen LogP contribution is -2.27. The minimum atomic E-state index is -0.475. The van der Waals surface area contributed by atoms with E-state index in [9.17, 15) is 9.18 Å². The summed E-state index contributed by atoms with van der Waals surface area (Å²) in [6.07, 6.45) is 6.30. The molecule has 2 bridgehead atoms. The van der Waals surface area contributed by atoms with E-state index < -0.39 is 5.82 Å². The Morgan fingerprint density at radius 3 is 2.59 bits per heavy atom. The number of rotatable bonds is 4. The molecule has 0 saturated heterocycles. The summed E-state index contributed by atoms with van der Waals surface area (Å²) in [5, 5.41) is 3.09. The van der Waals surface area contributed by atoms with Crippen LogP contribution in [0.15, 0.2) is 55.0 Å². The first-order valence-corrected chi connectivity index (χ1v) is 9.90. The lowest BCUT2D eigenvalue weighted by Gasteiger charge is -2.24. The fourth-order valence-corrected chi connectivity index (χ4v) is 4.87. The van der Waals surface area contributed by atoms with Crippen LogP contribution in [0.5, 0.6) is 0 Å². The molecule has 2 aromatic heterocycles. The highest BCUT2D eigenvalue weighted by molar-refractivity contribution is 5.94. The minimum Gasteiger partial charge on any atom is -0.326 e. The quantitative estimate of drug-likeness (QED) is 0.721. The van der Waals surface area contributed by atoms with Crippen LogP contribution in [0, 0.1) is 30.5 Å². The predicted molar refractivity (Wildman–Crippen MR) is 107 cm³/mol. The molecule has 1 aromatic carbocycles. The van der Waals surface area contributed by atoms with Crippen LogP contribution >= 0.6 is 0 Å². The maximum atomic E-state index is 13.2. The lowest BCUT2D eigenvalue weighted by molar-refractivity contribution is -0.120. The molecule has 1 N–H and O–H groups in total. The van der Waals surface area contributed by atoms with E-state index in [0.717, 1.165) is 42.1 Å². The van der Waals surface area contributed by atoms with Gasteiger partial charge in [0.25, 0.3) is 0 Å². The molecule has 29 heavy (non-hydrogen) atoms. The fraction of sp³-hybridized carbons (Fsp3) is 0.304. The normalized spacial score (nSPS) is 24.8. The summed E-state index contributed by atoms with van der Waals surface area (Å²) in [6.45, 7) is 1.94. The van der Waals surface area contributed by atoms with Crippen molar-refractivity contribution in [3.63, 3.8) is 0 Å². The first-order chi connectivity index (χ1) is 14.1. The highest BCUT2D eigenvalue weighted by Crippen LogP contribution is 2.60. The van der Waals surface area contributed by atoms with Crippen LogP contribution in [0.25, 0.3) is 11.4 Å². The second-order valence-electron chi connectivity index (χ2n) is 8.04. The molecular formula is C23H21FN4O. The van der Waals surface area contributed by atoms with Gasteiger partial charge in [-0.25, -0.2) is 14.4 Å². The van der Waals surface area contributed by atoms with Crippen molar-refractivity contribution in [3.8, 4) is 11.4 Å². The van der Waals surface area contributed by atoms with Gasteiger partial charge in [-0.05, 0) is 61.4 Å². The SMILES string of the molecule is Cc1ccc(NC(=O)[C@H]2C3CC(C3)[C@@H]2c2ccccn2)cc1-c1ncc(F)cn1. The third kappa shape index (κ3) is 3.18. The molecule has 3 fully saturated rings. The van der Waals surface area contributed by atoms with E-state index in [1.165, 1.54) is 0 Å². The van der Waals surface area contributed by atoms with Crippen molar-refractivity contribution in [1.29, 1.82) is 0 Å². The molecule has 3 aliphatic carbocycles. The number of aryl methyl sites for hydroxylation is 1. The largest absolute Gasteiger partial charge is 0.326 e. The summed E-state index contributed by atoms with van der Waals surface area (Å²) < 4.78 is 13.2. The Kier molecular flexibility index (Phi) is 4.34. The summed E-state index contributed by atoms with van der Waals surface area (Å²) in [6, 6.07) is 11.6. The van der Waals surface area contributed by atoms with Crippen LogP contribution in [0.4, 0.5) is 10.1 Å². The van der Waals surface area contributed by atoms with Crippen LogP contribution in [-0.4, -0.2) is 20.9 Å². The Labute approximate surface area is 168 Å². The Hall–Kier alpha value is -3.15. The van der Waals surface area contributed by atoms with E-state index in [-0.39, 0.29) is 17.7 Å². The highest BCUT2D eigenvalue weighted by atomic mass is 19.1. The molecule has 146 valence electrons. The first kappa shape index (κ1) is 17.9. The molecule has 2 atom stereocenters. The maximum absolute atomic E-state index is 13.2. The number of nitrogens with one attached hydrogen (secondary N) is 1. The van der Waals surface area contributed by atoms with Crippen molar-refractivity contribution in [3.05, 3.63) is 72.1 Å². The van der Waals surface area contributed by atoms with Gasteiger partial charge in [-0.3, -0.25) is 9.78 Å². The summed E-state index contributed by atoms with van der Waals surface area (Å²) in [5.41, 5.74) is 3.46. The average Bonchev–Trinajstić information content (AvgIpc) is 3.27. The molecule has 5 nitrogen and oxygen atoms in total. The van der Waals surface area contributed by atoms with E-state index in [2.05, 4.69) is 20.3 Å². The van der Waals surface area contributed by atoms with Gasteiger partial charge in [-0.2, -0.15) is 0 Å². The van der Waals surface area contributed by atoms with E-state index >= 15 is 0 Å². The number of carbonyl (C=O) groups is 1. The van der Waals surface area contributed by atoms with Crippen molar-refractivity contribution in [2.45, 2.75) is 25.7 Å². The first-order valence-electron chi connectivity index (χ1n) is 9.90. The number of nitrogens with zero attached hydrogens (tertiary/aromatic N) is 3. The van der Waals surface area contributed by atoms with Crippen LogP contribution in [0.3, 0.4) is 0 Å². The van der Waals surface area contributed by atoms with Crippen molar-refractivity contribution in [1.82, 2.24) is 15.0 Å². The number of fused-ring (bicyclic) bond motifs is 1. The van der Waals surface area contributed by atoms with Gasteiger partial charge >= 0.3 is 0 Å². The molecule has 3 saturated carbocycles. The standard InChI is InChI=1S/C23H21FN4O/c1-13-5-6-17(10-18(13)22-26-11-16(24)12-27-22)28-23(29)21-15-8-14(9-15)20(21)19-4-2-3-7-25-19/h2-7,10-12,14-15,20-21H,8-9H2,1H3,(H,28,29)/t14?,15?,20-,21+/m1/s1. The van der Waals surface area contributed by atoms with Crippen molar-refractivity contribution < 1.29 is 9.18 Å². The second kappa shape index (κ2) is 7.03. The molecule has 6 heteroatoms. The smallest absolute Gasteiger partial charge is 0.228 e. The maximum Gasteiger partial charge on any atom is 0.228 e. The molecule has 6 rings (SSSR count). The third-order valence-electron chi connectivity index (χ3n) is 6.31. The average molecular weight is 388 g/mol. The monoisotopic (exact) mass is 388 g/mol. The second-order valence-corrected chi connectivity index (χ2v) is 8.04. The number of aromatic nitrogens is 3. The summed E-state index contributed by atoms with van der Waals surface area (Å²) in [4.78, 5) is 25.9. The highest BCUT2D eigenvalue weighted by Gasteiger charge is 2.56. The molecule has 0 spiro atoms. The zero-order chi connectivity index (χ0) is 20.0. The minimum absolute atomic E-state index is 0.0421. The lowest BCUT2D eigenvalue weighted by atomic mass is 9.81. The number of anilines is 1. The van der Waals surface area contributed by atoms with Crippen molar-refractivity contribution in [2.75, 3.05) is 5.32 Å².